The minimum Gasteiger partial charge on any atom is -0.302 e. The zero-order chi connectivity index (χ0) is 14.1. The Morgan fingerprint density at radius 2 is 2.20 bits per heavy atom. The minimum atomic E-state index is 0.142. The maximum absolute atomic E-state index is 6.08. The summed E-state index contributed by atoms with van der Waals surface area (Å²) < 4.78 is 2.13. The highest BCUT2D eigenvalue weighted by Gasteiger charge is 2.21. The van der Waals surface area contributed by atoms with E-state index in [0.717, 1.165) is 34.1 Å². The van der Waals surface area contributed by atoms with Gasteiger partial charge in [-0.25, -0.2) is 15.0 Å². The molecule has 3 aromatic heterocycles. The average molecular weight is 307 g/mol. The summed E-state index contributed by atoms with van der Waals surface area (Å²) in [6.07, 6.45) is 2.76. The standard InChI is InChI=1S/C14H15ClN4S/c1-3-11(14-16-6-7-20-14)19-12(8-15)18-10-5-4-9(2)17-13(10)19/h4-7,11H,3,8H2,1-2H3. The van der Waals surface area contributed by atoms with Crippen molar-refractivity contribution in [2.24, 2.45) is 0 Å². The molecule has 6 heteroatoms. The van der Waals surface area contributed by atoms with E-state index in [1.807, 2.05) is 30.6 Å². The largest absolute Gasteiger partial charge is 0.302 e. The van der Waals surface area contributed by atoms with Crippen molar-refractivity contribution < 1.29 is 0 Å². The third-order valence-electron chi connectivity index (χ3n) is 3.30. The van der Waals surface area contributed by atoms with Crippen LogP contribution in [0.25, 0.3) is 11.2 Å². The molecule has 0 radical (unpaired) electrons. The molecule has 0 aliphatic heterocycles. The third kappa shape index (κ3) is 2.21. The van der Waals surface area contributed by atoms with E-state index in [2.05, 4.69) is 26.4 Å². The molecule has 0 spiro atoms. The number of fused-ring (bicyclic) bond motifs is 1. The number of halogens is 1. The number of hydrogen-bond donors (Lipinski definition) is 0. The van der Waals surface area contributed by atoms with Crippen LogP contribution < -0.4 is 0 Å². The van der Waals surface area contributed by atoms with E-state index in [4.69, 9.17) is 11.6 Å². The topological polar surface area (TPSA) is 43.6 Å². The van der Waals surface area contributed by atoms with E-state index in [1.165, 1.54) is 0 Å². The molecule has 1 atom stereocenters. The maximum atomic E-state index is 6.08. The van der Waals surface area contributed by atoms with Gasteiger partial charge in [0.25, 0.3) is 0 Å². The van der Waals surface area contributed by atoms with Crippen molar-refractivity contribution in [2.75, 3.05) is 0 Å². The summed E-state index contributed by atoms with van der Waals surface area (Å²) >= 11 is 7.73. The van der Waals surface area contributed by atoms with Crippen LogP contribution in [0.2, 0.25) is 0 Å². The van der Waals surface area contributed by atoms with Gasteiger partial charge in [0.15, 0.2) is 5.65 Å². The molecule has 1 unspecified atom stereocenters. The van der Waals surface area contributed by atoms with Crippen molar-refractivity contribution in [3.8, 4) is 0 Å². The molecule has 0 saturated heterocycles. The number of hydrogen-bond acceptors (Lipinski definition) is 4. The Balaban J connectivity index is 2.24. The predicted octanol–water partition coefficient (Wildman–Crippen LogP) is 3.93. The van der Waals surface area contributed by atoms with Gasteiger partial charge < -0.3 is 4.57 Å². The number of pyridine rings is 1. The fraction of sp³-hybridized carbons (Fsp3) is 0.357. The highest BCUT2D eigenvalue weighted by Crippen LogP contribution is 2.29. The number of nitrogens with zero attached hydrogens (tertiary/aromatic N) is 4. The van der Waals surface area contributed by atoms with E-state index in [9.17, 15) is 0 Å². The Bertz CT molecular complexity index is 720. The second kappa shape index (κ2) is 5.50. The summed E-state index contributed by atoms with van der Waals surface area (Å²) in [5, 5.41) is 3.07. The Kier molecular flexibility index (Phi) is 3.72. The molecule has 104 valence electrons. The monoisotopic (exact) mass is 306 g/mol. The first-order valence-corrected chi connectivity index (χ1v) is 7.95. The summed E-state index contributed by atoms with van der Waals surface area (Å²) in [6.45, 7) is 4.13. The number of aryl methyl sites for hydroxylation is 1. The molecule has 0 bridgehead atoms. The molecule has 0 aliphatic rings. The van der Waals surface area contributed by atoms with Crippen LogP contribution in [0.5, 0.6) is 0 Å². The van der Waals surface area contributed by atoms with Crippen molar-refractivity contribution in [2.45, 2.75) is 32.2 Å². The summed E-state index contributed by atoms with van der Waals surface area (Å²) in [4.78, 5) is 13.7. The average Bonchev–Trinajstić information content (AvgIpc) is 3.08. The zero-order valence-corrected chi connectivity index (χ0v) is 12.9. The Morgan fingerprint density at radius 1 is 1.35 bits per heavy atom. The number of rotatable bonds is 4. The zero-order valence-electron chi connectivity index (χ0n) is 11.4. The first kappa shape index (κ1) is 13.5. The summed E-state index contributed by atoms with van der Waals surface area (Å²) in [7, 11) is 0. The van der Waals surface area contributed by atoms with Crippen LogP contribution in [0.3, 0.4) is 0 Å². The summed E-state index contributed by atoms with van der Waals surface area (Å²) in [5.74, 6) is 1.22. The molecular weight excluding hydrogens is 292 g/mol. The molecule has 0 aliphatic carbocycles. The van der Waals surface area contributed by atoms with Gasteiger partial charge in [0.05, 0.1) is 11.9 Å². The number of thiazole rings is 1. The predicted molar refractivity (Wildman–Crippen MR) is 82.4 cm³/mol. The molecular formula is C14H15ClN4S. The van der Waals surface area contributed by atoms with Gasteiger partial charge in [-0.1, -0.05) is 6.92 Å². The summed E-state index contributed by atoms with van der Waals surface area (Å²) in [6, 6.07) is 4.11. The Labute approximate surface area is 126 Å². The Hall–Kier alpha value is -1.46. The van der Waals surface area contributed by atoms with Gasteiger partial charge >= 0.3 is 0 Å². The lowest BCUT2D eigenvalue weighted by Crippen LogP contribution is -2.13. The number of imidazole rings is 1. The highest BCUT2D eigenvalue weighted by molar-refractivity contribution is 7.09. The van der Waals surface area contributed by atoms with Crippen molar-refractivity contribution in [1.29, 1.82) is 0 Å². The van der Waals surface area contributed by atoms with Crippen molar-refractivity contribution in [3.63, 3.8) is 0 Å². The number of alkyl halides is 1. The first-order valence-electron chi connectivity index (χ1n) is 6.54. The molecule has 3 aromatic rings. The van der Waals surface area contributed by atoms with Crippen molar-refractivity contribution in [1.82, 2.24) is 19.5 Å². The van der Waals surface area contributed by atoms with Gasteiger partial charge in [0, 0.05) is 17.3 Å². The third-order valence-corrected chi connectivity index (χ3v) is 4.42. The Morgan fingerprint density at radius 3 is 2.85 bits per heavy atom. The van der Waals surface area contributed by atoms with Crippen LogP contribution in [0.15, 0.2) is 23.7 Å². The van der Waals surface area contributed by atoms with E-state index >= 15 is 0 Å². The van der Waals surface area contributed by atoms with E-state index in [-0.39, 0.29) is 6.04 Å². The lowest BCUT2D eigenvalue weighted by molar-refractivity contribution is 0.558. The molecule has 0 saturated carbocycles. The molecule has 3 heterocycles. The van der Waals surface area contributed by atoms with Crippen LogP contribution in [-0.4, -0.2) is 19.5 Å². The van der Waals surface area contributed by atoms with Crippen LogP contribution in [0.1, 0.15) is 35.9 Å². The van der Waals surface area contributed by atoms with Crippen molar-refractivity contribution in [3.05, 3.63) is 40.2 Å². The van der Waals surface area contributed by atoms with Crippen LogP contribution >= 0.6 is 22.9 Å². The van der Waals surface area contributed by atoms with Gasteiger partial charge in [-0.15, -0.1) is 22.9 Å². The second-order valence-corrected chi connectivity index (χ2v) is 5.81. The summed E-state index contributed by atoms with van der Waals surface area (Å²) in [5.41, 5.74) is 2.76. The quantitative estimate of drug-likeness (QED) is 0.686. The van der Waals surface area contributed by atoms with Gasteiger partial charge in [0.1, 0.15) is 16.3 Å². The van der Waals surface area contributed by atoms with E-state index in [1.54, 1.807) is 11.3 Å². The molecule has 20 heavy (non-hydrogen) atoms. The van der Waals surface area contributed by atoms with Crippen molar-refractivity contribution >= 4 is 34.1 Å². The lowest BCUT2D eigenvalue weighted by Gasteiger charge is -2.17. The SMILES string of the molecule is CCC(c1nccs1)n1c(CCl)nc2ccc(C)nc21. The first-order chi connectivity index (χ1) is 9.74. The fourth-order valence-corrected chi connectivity index (χ4v) is 3.40. The molecule has 0 fully saturated rings. The van der Waals surface area contributed by atoms with Crippen LogP contribution in [0, 0.1) is 6.92 Å². The molecule has 0 aromatic carbocycles. The van der Waals surface area contributed by atoms with Crippen LogP contribution in [0.4, 0.5) is 0 Å². The van der Waals surface area contributed by atoms with E-state index in [0.29, 0.717) is 5.88 Å². The smallest absolute Gasteiger partial charge is 0.160 e. The molecule has 4 nitrogen and oxygen atoms in total. The van der Waals surface area contributed by atoms with E-state index < -0.39 is 0 Å². The van der Waals surface area contributed by atoms with Gasteiger partial charge in [-0.3, -0.25) is 0 Å². The van der Waals surface area contributed by atoms with Gasteiger partial charge in [0.2, 0.25) is 0 Å². The van der Waals surface area contributed by atoms with Crippen LogP contribution in [-0.2, 0) is 5.88 Å². The lowest BCUT2D eigenvalue weighted by atomic mass is 10.2. The highest BCUT2D eigenvalue weighted by atomic mass is 35.5. The molecule has 0 N–H and O–H groups in total. The number of aromatic nitrogens is 4. The minimum absolute atomic E-state index is 0.142. The second-order valence-electron chi connectivity index (χ2n) is 4.62. The van der Waals surface area contributed by atoms with Gasteiger partial charge in [-0.05, 0) is 25.5 Å². The molecule has 0 amide bonds. The fourth-order valence-electron chi connectivity index (χ4n) is 2.40. The van der Waals surface area contributed by atoms with Gasteiger partial charge in [-0.2, -0.15) is 0 Å². The normalized spacial score (nSPS) is 12.9. The molecule has 3 rings (SSSR count). The maximum Gasteiger partial charge on any atom is 0.160 e.